The molecule has 5 heteroatoms. The van der Waals surface area contributed by atoms with Crippen molar-refractivity contribution in [2.75, 3.05) is 44.2 Å². The summed E-state index contributed by atoms with van der Waals surface area (Å²) in [6.45, 7) is 6.73. The van der Waals surface area contributed by atoms with Gasteiger partial charge in [0.05, 0.1) is 0 Å². The Balaban J connectivity index is 1.26. The highest BCUT2D eigenvalue weighted by atomic mass is 35.5. The second-order valence-corrected chi connectivity index (χ2v) is 8.13. The summed E-state index contributed by atoms with van der Waals surface area (Å²) >= 11 is 6.17. The highest BCUT2D eigenvalue weighted by molar-refractivity contribution is 6.30. The average molecular weight is 411 g/mol. The molecule has 0 aliphatic carbocycles. The van der Waals surface area contributed by atoms with Gasteiger partial charge in [-0.1, -0.05) is 48.0 Å². The van der Waals surface area contributed by atoms with E-state index in [1.165, 1.54) is 16.6 Å². The molecular weight excluding hydrogens is 384 g/mol. The van der Waals surface area contributed by atoms with E-state index in [0.29, 0.717) is 13.2 Å². The molecule has 1 atom stereocenters. The molecule has 3 aromatic rings. The van der Waals surface area contributed by atoms with Crippen LogP contribution in [-0.4, -0.2) is 55.4 Å². The fourth-order valence-electron chi connectivity index (χ4n) is 3.89. The monoisotopic (exact) mass is 410 g/mol. The molecule has 3 aromatic carbocycles. The van der Waals surface area contributed by atoms with Gasteiger partial charge in [-0.25, -0.2) is 0 Å². The molecular formula is C24H27ClN2O2. The Kier molecular flexibility index (Phi) is 6.24. The van der Waals surface area contributed by atoms with Gasteiger partial charge in [-0.2, -0.15) is 0 Å². The first-order valence-corrected chi connectivity index (χ1v) is 10.5. The topological polar surface area (TPSA) is 35.9 Å². The standard InChI is InChI=1S/C24H27ClN2O2/c1-18-6-8-21(25)15-24(18)27-12-10-26(11-13-27)16-22(28)17-29-23-9-7-19-4-2-3-5-20(19)14-23/h2-9,14-15,22,28H,10-13,16-17H2,1H3/t22-/m1/s1. The van der Waals surface area contributed by atoms with Crippen LogP contribution < -0.4 is 9.64 Å². The first-order chi connectivity index (χ1) is 14.1. The molecule has 0 aromatic heterocycles. The van der Waals surface area contributed by atoms with Crippen LogP contribution in [-0.2, 0) is 0 Å². The van der Waals surface area contributed by atoms with Crippen LogP contribution in [0.3, 0.4) is 0 Å². The molecule has 1 heterocycles. The van der Waals surface area contributed by atoms with E-state index in [1.54, 1.807) is 0 Å². The molecule has 4 nitrogen and oxygen atoms in total. The molecule has 0 saturated carbocycles. The van der Waals surface area contributed by atoms with E-state index in [2.05, 4.69) is 34.9 Å². The van der Waals surface area contributed by atoms with E-state index >= 15 is 0 Å². The third-order valence-electron chi connectivity index (χ3n) is 5.52. The van der Waals surface area contributed by atoms with E-state index in [-0.39, 0.29) is 0 Å². The number of aliphatic hydroxyl groups is 1. The number of hydrogen-bond donors (Lipinski definition) is 1. The van der Waals surface area contributed by atoms with E-state index in [1.807, 2.05) is 42.5 Å². The molecule has 1 fully saturated rings. The number of halogens is 1. The molecule has 29 heavy (non-hydrogen) atoms. The van der Waals surface area contributed by atoms with Crippen LogP contribution in [0, 0.1) is 6.92 Å². The molecule has 0 spiro atoms. The van der Waals surface area contributed by atoms with Gasteiger partial charge in [0, 0.05) is 43.4 Å². The fourth-order valence-corrected chi connectivity index (χ4v) is 4.06. The Morgan fingerprint density at radius 1 is 0.966 bits per heavy atom. The Morgan fingerprint density at radius 3 is 2.52 bits per heavy atom. The van der Waals surface area contributed by atoms with Crippen LogP contribution in [0.2, 0.25) is 5.02 Å². The first-order valence-electron chi connectivity index (χ1n) is 10.1. The lowest BCUT2D eigenvalue weighted by molar-refractivity contribution is 0.0663. The third kappa shape index (κ3) is 5.02. The summed E-state index contributed by atoms with van der Waals surface area (Å²) in [5.41, 5.74) is 2.45. The van der Waals surface area contributed by atoms with Gasteiger partial charge in [-0.05, 0) is 47.5 Å². The molecule has 1 N–H and O–H groups in total. The fraction of sp³-hybridized carbons (Fsp3) is 0.333. The summed E-state index contributed by atoms with van der Waals surface area (Å²) in [6, 6.07) is 20.3. The highest BCUT2D eigenvalue weighted by Gasteiger charge is 2.21. The Labute approximate surface area is 177 Å². The number of aliphatic hydroxyl groups excluding tert-OH is 1. The third-order valence-corrected chi connectivity index (χ3v) is 5.75. The van der Waals surface area contributed by atoms with Crippen LogP contribution in [0.1, 0.15) is 5.56 Å². The van der Waals surface area contributed by atoms with Gasteiger partial charge < -0.3 is 14.7 Å². The highest BCUT2D eigenvalue weighted by Crippen LogP contribution is 2.25. The molecule has 0 bridgehead atoms. The summed E-state index contributed by atoms with van der Waals surface area (Å²) in [5.74, 6) is 0.795. The number of aryl methyl sites for hydroxylation is 1. The number of anilines is 1. The van der Waals surface area contributed by atoms with Gasteiger partial charge in [-0.3, -0.25) is 4.90 Å². The van der Waals surface area contributed by atoms with Crippen molar-refractivity contribution in [3.63, 3.8) is 0 Å². The Hall–Kier alpha value is -2.27. The van der Waals surface area contributed by atoms with Gasteiger partial charge in [0.2, 0.25) is 0 Å². The summed E-state index contributed by atoms with van der Waals surface area (Å²) in [4.78, 5) is 4.67. The van der Waals surface area contributed by atoms with Crippen LogP contribution in [0.15, 0.2) is 60.7 Å². The molecule has 0 unspecified atom stereocenters. The van der Waals surface area contributed by atoms with E-state index in [0.717, 1.165) is 42.3 Å². The van der Waals surface area contributed by atoms with Gasteiger partial charge in [0.1, 0.15) is 18.5 Å². The number of β-amino-alcohol motifs (C(OH)–C–C–N with tert-alkyl or cyclic N) is 1. The van der Waals surface area contributed by atoms with Gasteiger partial charge in [0.15, 0.2) is 0 Å². The summed E-state index contributed by atoms with van der Waals surface area (Å²) in [7, 11) is 0. The molecule has 0 amide bonds. The maximum Gasteiger partial charge on any atom is 0.120 e. The predicted molar refractivity (Wildman–Crippen MR) is 120 cm³/mol. The number of rotatable bonds is 6. The minimum Gasteiger partial charge on any atom is -0.491 e. The summed E-state index contributed by atoms with van der Waals surface area (Å²) < 4.78 is 5.84. The van der Waals surface area contributed by atoms with Gasteiger partial charge in [-0.15, -0.1) is 0 Å². The SMILES string of the molecule is Cc1ccc(Cl)cc1N1CCN(C[C@@H](O)COc2ccc3ccccc3c2)CC1. The van der Waals surface area contributed by atoms with Crippen molar-refractivity contribution in [2.45, 2.75) is 13.0 Å². The number of nitrogens with zero attached hydrogens (tertiary/aromatic N) is 2. The van der Waals surface area contributed by atoms with Crippen molar-refractivity contribution >= 4 is 28.1 Å². The van der Waals surface area contributed by atoms with Gasteiger partial charge in [0.25, 0.3) is 0 Å². The van der Waals surface area contributed by atoms with E-state index in [9.17, 15) is 5.11 Å². The van der Waals surface area contributed by atoms with Crippen molar-refractivity contribution < 1.29 is 9.84 Å². The lowest BCUT2D eigenvalue weighted by atomic mass is 10.1. The molecule has 152 valence electrons. The van der Waals surface area contributed by atoms with E-state index < -0.39 is 6.10 Å². The normalized spacial score (nSPS) is 16.2. The average Bonchev–Trinajstić information content (AvgIpc) is 2.74. The zero-order chi connectivity index (χ0) is 20.2. The zero-order valence-corrected chi connectivity index (χ0v) is 17.5. The minimum absolute atomic E-state index is 0.298. The number of fused-ring (bicyclic) bond motifs is 1. The predicted octanol–water partition coefficient (Wildman–Crippen LogP) is 4.36. The van der Waals surface area contributed by atoms with Crippen molar-refractivity contribution in [1.29, 1.82) is 0 Å². The van der Waals surface area contributed by atoms with Crippen LogP contribution in [0.25, 0.3) is 10.8 Å². The zero-order valence-electron chi connectivity index (χ0n) is 16.7. The Morgan fingerprint density at radius 2 is 1.72 bits per heavy atom. The quantitative estimate of drug-likeness (QED) is 0.654. The smallest absolute Gasteiger partial charge is 0.120 e. The second-order valence-electron chi connectivity index (χ2n) is 7.69. The van der Waals surface area contributed by atoms with Gasteiger partial charge >= 0.3 is 0 Å². The molecule has 1 aliphatic rings. The number of hydrogen-bond acceptors (Lipinski definition) is 4. The number of benzene rings is 3. The minimum atomic E-state index is -0.513. The summed E-state index contributed by atoms with van der Waals surface area (Å²) in [5, 5.41) is 13.5. The molecule has 4 rings (SSSR count). The largest absolute Gasteiger partial charge is 0.491 e. The lowest BCUT2D eigenvalue weighted by Crippen LogP contribution is -2.49. The van der Waals surface area contributed by atoms with Crippen LogP contribution >= 0.6 is 11.6 Å². The van der Waals surface area contributed by atoms with Crippen LogP contribution in [0.5, 0.6) is 5.75 Å². The number of piperazine rings is 1. The summed E-state index contributed by atoms with van der Waals surface area (Å²) in [6.07, 6.45) is -0.513. The maximum atomic E-state index is 10.4. The number of ether oxygens (including phenoxy) is 1. The molecule has 1 saturated heterocycles. The van der Waals surface area contributed by atoms with Crippen LogP contribution in [0.4, 0.5) is 5.69 Å². The maximum absolute atomic E-state index is 10.4. The lowest BCUT2D eigenvalue weighted by Gasteiger charge is -2.37. The Bertz CT molecular complexity index is 970. The van der Waals surface area contributed by atoms with Crippen molar-refractivity contribution in [3.8, 4) is 5.75 Å². The van der Waals surface area contributed by atoms with Crippen molar-refractivity contribution in [3.05, 3.63) is 71.2 Å². The molecule has 0 radical (unpaired) electrons. The molecule has 1 aliphatic heterocycles. The van der Waals surface area contributed by atoms with E-state index in [4.69, 9.17) is 16.3 Å². The second kappa shape index (κ2) is 9.04. The van der Waals surface area contributed by atoms with Crippen molar-refractivity contribution in [1.82, 2.24) is 4.90 Å². The van der Waals surface area contributed by atoms with Crippen molar-refractivity contribution in [2.24, 2.45) is 0 Å². The first kappa shape index (κ1) is 20.0.